The minimum atomic E-state index is 0.523. The van der Waals surface area contributed by atoms with E-state index in [4.69, 9.17) is 4.74 Å². The number of imidazole rings is 1. The molecule has 112 valence electrons. The van der Waals surface area contributed by atoms with Crippen LogP contribution >= 0.6 is 0 Å². The fraction of sp³-hybridized carbons (Fsp3) is 0.471. The topological polar surface area (TPSA) is 39.1 Å². The van der Waals surface area contributed by atoms with E-state index in [0.717, 1.165) is 24.6 Å². The third-order valence-corrected chi connectivity index (χ3v) is 3.61. The van der Waals surface area contributed by atoms with Gasteiger partial charge in [-0.2, -0.15) is 0 Å². The second kappa shape index (κ2) is 6.20. The number of hydrogen-bond acceptors (Lipinski definition) is 3. The molecule has 1 aliphatic carbocycles. The van der Waals surface area contributed by atoms with Crippen LogP contribution in [0.3, 0.4) is 0 Å². The molecular formula is C17H23N3O. The lowest BCUT2D eigenvalue weighted by molar-refractivity contribution is 0.272. The van der Waals surface area contributed by atoms with Gasteiger partial charge in [0.05, 0.1) is 30.9 Å². The maximum absolute atomic E-state index is 5.87. The molecule has 3 rings (SSSR count). The number of benzene rings is 1. The van der Waals surface area contributed by atoms with Crippen molar-refractivity contribution in [3.8, 4) is 5.75 Å². The lowest BCUT2D eigenvalue weighted by Crippen LogP contribution is -2.09. The first-order chi connectivity index (χ1) is 10.2. The number of aromatic nitrogens is 2. The molecule has 0 unspecified atom stereocenters. The number of para-hydroxylation sites is 2. The fourth-order valence-corrected chi connectivity index (χ4v) is 2.33. The highest BCUT2D eigenvalue weighted by Gasteiger charge is 2.25. The van der Waals surface area contributed by atoms with Crippen LogP contribution in [-0.4, -0.2) is 16.2 Å². The standard InChI is InChI=1S/C17H23N3O/c1-13(2)11-21-17-6-4-3-5-16(17)19-10-15-9-18-12-20(15)14-7-8-14/h3-6,9,12-14,19H,7-8,10-11H2,1-2H3. The lowest BCUT2D eigenvalue weighted by Gasteiger charge is -2.15. The average molecular weight is 285 g/mol. The Morgan fingerprint density at radius 3 is 2.90 bits per heavy atom. The molecule has 4 heteroatoms. The molecule has 0 bridgehead atoms. The van der Waals surface area contributed by atoms with Crippen LogP contribution in [-0.2, 0) is 6.54 Å². The molecule has 1 N–H and O–H groups in total. The summed E-state index contributed by atoms with van der Waals surface area (Å²) in [4.78, 5) is 4.27. The minimum Gasteiger partial charge on any atom is -0.491 e. The maximum Gasteiger partial charge on any atom is 0.142 e. The van der Waals surface area contributed by atoms with Crippen molar-refractivity contribution >= 4 is 5.69 Å². The number of nitrogens with zero attached hydrogens (tertiary/aromatic N) is 2. The molecule has 0 radical (unpaired) electrons. The van der Waals surface area contributed by atoms with Crippen molar-refractivity contribution in [2.24, 2.45) is 5.92 Å². The van der Waals surface area contributed by atoms with Gasteiger partial charge < -0.3 is 14.6 Å². The van der Waals surface area contributed by atoms with Gasteiger partial charge in [0, 0.05) is 12.2 Å². The van der Waals surface area contributed by atoms with Crippen molar-refractivity contribution in [3.05, 3.63) is 42.5 Å². The number of hydrogen-bond donors (Lipinski definition) is 1. The van der Waals surface area contributed by atoms with E-state index in [1.165, 1.54) is 18.5 Å². The highest BCUT2D eigenvalue weighted by Crippen LogP contribution is 2.36. The van der Waals surface area contributed by atoms with Gasteiger partial charge in [-0.25, -0.2) is 4.98 Å². The van der Waals surface area contributed by atoms with Crippen molar-refractivity contribution < 1.29 is 4.74 Å². The molecule has 2 aromatic rings. The molecule has 1 heterocycles. The van der Waals surface area contributed by atoms with Crippen molar-refractivity contribution in [1.29, 1.82) is 0 Å². The third-order valence-electron chi connectivity index (χ3n) is 3.61. The van der Waals surface area contributed by atoms with Crippen molar-refractivity contribution in [2.45, 2.75) is 39.3 Å². The van der Waals surface area contributed by atoms with Gasteiger partial charge in [0.2, 0.25) is 0 Å². The van der Waals surface area contributed by atoms with Gasteiger partial charge in [-0.1, -0.05) is 26.0 Å². The molecule has 4 nitrogen and oxygen atoms in total. The average Bonchev–Trinajstić information content (AvgIpc) is 3.22. The van der Waals surface area contributed by atoms with Crippen LogP contribution in [0.5, 0.6) is 5.75 Å². The molecule has 1 aromatic heterocycles. The maximum atomic E-state index is 5.87. The van der Waals surface area contributed by atoms with E-state index in [1.807, 2.05) is 30.7 Å². The van der Waals surface area contributed by atoms with Crippen LogP contribution in [0, 0.1) is 5.92 Å². The second-order valence-electron chi connectivity index (χ2n) is 6.08. The normalized spacial score (nSPS) is 14.4. The minimum absolute atomic E-state index is 0.523. The second-order valence-corrected chi connectivity index (χ2v) is 6.08. The zero-order valence-corrected chi connectivity index (χ0v) is 12.7. The monoisotopic (exact) mass is 285 g/mol. The third kappa shape index (κ3) is 3.57. The summed E-state index contributed by atoms with van der Waals surface area (Å²) in [5.41, 5.74) is 2.28. The van der Waals surface area contributed by atoms with Crippen LogP contribution < -0.4 is 10.1 Å². The molecule has 1 aromatic carbocycles. The largest absolute Gasteiger partial charge is 0.491 e. The Kier molecular flexibility index (Phi) is 4.13. The number of nitrogens with one attached hydrogen (secondary N) is 1. The molecule has 1 saturated carbocycles. The highest BCUT2D eigenvalue weighted by atomic mass is 16.5. The SMILES string of the molecule is CC(C)COc1ccccc1NCc1cncn1C1CC1. The van der Waals surface area contributed by atoms with Gasteiger partial charge in [-0.3, -0.25) is 0 Å². The quantitative estimate of drug-likeness (QED) is 0.839. The number of rotatable bonds is 7. The van der Waals surface area contributed by atoms with Gasteiger partial charge in [0.25, 0.3) is 0 Å². The van der Waals surface area contributed by atoms with Gasteiger partial charge >= 0.3 is 0 Å². The van der Waals surface area contributed by atoms with Crippen molar-refractivity contribution in [3.63, 3.8) is 0 Å². The Hall–Kier alpha value is -1.97. The highest BCUT2D eigenvalue weighted by molar-refractivity contribution is 5.56. The summed E-state index contributed by atoms with van der Waals surface area (Å²) < 4.78 is 8.16. The fourth-order valence-electron chi connectivity index (χ4n) is 2.33. The first-order valence-electron chi connectivity index (χ1n) is 7.70. The molecule has 0 amide bonds. The first kappa shape index (κ1) is 14.0. The predicted octanol–water partition coefficient (Wildman–Crippen LogP) is 3.86. The first-order valence-corrected chi connectivity index (χ1v) is 7.70. The van der Waals surface area contributed by atoms with E-state index in [9.17, 15) is 0 Å². The Labute approximate surface area is 126 Å². The van der Waals surface area contributed by atoms with Crippen molar-refractivity contribution in [2.75, 3.05) is 11.9 Å². The molecule has 0 aliphatic heterocycles. The summed E-state index contributed by atoms with van der Waals surface area (Å²) in [6.07, 6.45) is 6.44. The molecule has 21 heavy (non-hydrogen) atoms. The molecular weight excluding hydrogens is 262 g/mol. The zero-order chi connectivity index (χ0) is 14.7. The summed E-state index contributed by atoms with van der Waals surface area (Å²) in [6.45, 7) is 5.83. The van der Waals surface area contributed by atoms with Crippen molar-refractivity contribution in [1.82, 2.24) is 9.55 Å². The molecule has 0 saturated heterocycles. The van der Waals surface area contributed by atoms with Gasteiger partial charge in [0.15, 0.2) is 0 Å². The Balaban J connectivity index is 1.65. The van der Waals surface area contributed by atoms with E-state index in [-0.39, 0.29) is 0 Å². The summed E-state index contributed by atoms with van der Waals surface area (Å²) in [5, 5.41) is 3.48. The van der Waals surface area contributed by atoms with Crippen LogP contribution in [0.15, 0.2) is 36.8 Å². The molecule has 0 spiro atoms. The summed E-state index contributed by atoms with van der Waals surface area (Å²) >= 11 is 0. The number of anilines is 1. The number of ether oxygens (including phenoxy) is 1. The van der Waals surface area contributed by atoms with E-state index >= 15 is 0 Å². The Bertz CT molecular complexity index is 587. The van der Waals surface area contributed by atoms with Crippen LogP contribution in [0.2, 0.25) is 0 Å². The molecule has 0 atom stereocenters. The van der Waals surface area contributed by atoms with Crippen LogP contribution in [0.25, 0.3) is 0 Å². The smallest absolute Gasteiger partial charge is 0.142 e. The zero-order valence-electron chi connectivity index (χ0n) is 12.7. The van der Waals surface area contributed by atoms with Crippen LogP contribution in [0.4, 0.5) is 5.69 Å². The summed E-state index contributed by atoms with van der Waals surface area (Å²) in [5.74, 6) is 1.44. The predicted molar refractivity (Wildman–Crippen MR) is 84.6 cm³/mol. The molecule has 1 fully saturated rings. The van der Waals surface area contributed by atoms with Gasteiger partial charge in [-0.15, -0.1) is 0 Å². The van der Waals surface area contributed by atoms with Crippen LogP contribution in [0.1, 0.15) is 38.4 Å². The Morgan fingerprint density at radius 1 is 1.33 bits per heavy atom. The van der Waals surface area contributed by atoms with E-state index in [0.29, 0.717) is 12.0 Å². The van der Waals surface area contributed by atoms with Gasteiger partial charge in [-0.05, 0) is 30.9 Å². The molecule has 1 aliphatic rings. The Morgan fingerprint density at radius 2 is 2.14 bits per heavy atom. The summed E-state index contributed by atoms with van der Waals surface area (Å²) in [7, 11) is 0. The summed E-state index contributed by atoms with van der Waals surface area (Å²) in [6, 6.07) is 8.78. The van der Waals surface area contributed by atoms with E-state index in [1.54, 1.807) is 0 Å². The van der Waals surface area contributed by atoms with E-state index in [2.05, 4.69) is 34.8 Å². The van der Waals surface area contributed by atoms with Gasteiger partial charge in [0.1, 0.15) is 5.75 Å². The lowest BCUT2D eigenvalue weighted by atomic mass is 10.2. The van der Waals surface area contributed by atoms with E-state index < -0.39 is 0 Å².